The van der Waals surface area contributed by atoms with E-state index in [1.807, 2.05) is 0 Å². The van der Waals surface area contributed by atoms with Gasteiger partial charge in [0.15, 0.2) is 0 Å². The quantitative estimate of drug-likeness (QED) is 0.714. The first-order chi connectivity index (χ1) is 5.34. The molecule has 1 saturated carbocycles. The smallest absolute Gasteiger partial charge is 0.0130 e. The average Bonchev–Trinajstić information content (AvgIpc) is 2.78. The Kier molecular flexibility index (Phi) is 2.16. The van der Waals surface area contributed by atoms with Crippen molar-refractivity contribution in [3.05, 3.63) is 33.4 Å². The van der Waals surface area contributed by atoms with Crippen molar-refractivity contribution in [2.75, 3.05) is 0 Å². The van der Waals surface area contributed by atoms with E-state index in [0.717, 1.165) is 5.92 Å². The van der Waals surface area contributed by atoms with Gasteiger partial charge in [0, 0.05) is 3.57 Å². The average molecular weight is 258 g/mol. The van der Waals surface area contributed by atoms with Crippen molar-refractivity contribution >= 4 is 22.6 Å². The molecule has 1 aliphatic carbocycles. The molecule has 0 heterocycles. The van der Waals surface area contributed by atoms with E-state index in [9.17, 15) is 0 Å². The maximum atomic E-state index is 2.35. The molecule has 0 unspecified atom stereocenters. The molecule has 1 aliphatic rings. The van der Waals surface area contributed by atoms with Gasteiger partial charge in [-0.15, -0.1) is 0 Å². The van der Waals surface area contributed by atoms with Gasteiger partial charge in [-0.1, -0.05) is 12.1 Å². The molecule has 0 radical (unpaired) electrons. The topological polar surface area (TPSA) is 0 Å². The van der Waals surface area contributed by atoms with Crippen LogP contribution in [0.5, 0.6) is 0 Å². The molecular weight excluding hydrogens is 247 g/mol. The van der Waals surface area contributed by atoms with Gasteiger partial charge in [0.1, 0.15) is 0 Å². The third-order valence-corrected chi connectivity index (χ3v) is 2.85. The van der Waals surface area contributed by atoms with E-state index in [1.165, 1.54) is 28.4 Å². The zero-order valence-electron chi connectivity index (χ0n) is 6.39. The number of rotatable bonds is 2. The predicted octanol–water partition coefficient (Wildman–Crippen LogP) is 3.24. The van der Waals surface area contributed by atoms with E-state index in [0.29, 0.717) is 0 Å². The minimum Gasteiger partial charge on any atom is -0.0580 e. The number of benzene rings is 1. The van der Waals surface area contributed by atoms with Gasteiger partial charge in [-0.3, -0.25) is 0 Å². The summed E-state index contributed by atoms with van der Waals surface area (Å²) in [4.78, 5) is 0. The first-order valence-electron chi connectivity index (χ1n) is 4.09. The van der Waals surface area contributed by atoms with Crippen LogP contribution in [0.15, 0.2) is 24.3 Å². The van der Waals surface area contributed by atoms with Crippen LogP contribution in [-0.4, -0.2) is 0 Å². The van der Waals surface area contributed by atoms with Gasteiger partial charge in [0.2, 0.25) is 0 Å². The lowest BCUT2D eigenvalue weighted by Gasteiger charge is -1.97. The van der Waals surface area contributed by atoms with Crippen molar-refractivity contribution < 1.29 is 0 Å². The summed E-state index contributed by atoms with van der Waals surface area (Å²) in [5.74, 6) is 1.01. The van der Waals surface area contributed by atoms with E-state index in [1.54, 1.807) is 0 Å². The fraction of sp³-hybridized carbons (Fsp3) is 0.400. The third kappa shape index (κ3) is 2.19. The molecule has 0 nitrogen and oxygen atoms in total. The monoisotopic (exact) mass is 258 g/mol. The van der Waals surface area contributed by atoms with Gasteiger partial charge in [0.05, 0.1) is 0 Å². The minimum absolute atomic E-state index is 1.01. The number of halogens is 1. The van der Waals surface area contributed by atoms with Crippen LogP contribution in [0.3, 0.4) is 0 Å². The summed E-state index contributed by atoms with van der Waals surface area (Å²) in [5.41, 5.74) is 1.51. The highest BCUT2D eigenvalue weighted by Gasteiger charge is 2.20. The Bertz CT molecular complexity index is 234. The van der Waals surface area contributed by atoms with Crippen molar-refractivity contribution in [1.82, 2.24) is 0 Å². The summed E-state index contributed by atoms with van der Waals surface area (Å²) < 4.78 is 1.34. The molecule has 0 saturated heterocycles. The molecule has 0 atom stereocenters. The third-order valence-electron chi connectivity index (χ3n) is 2.13. The summed E-state index contributed by atoms with van der Waals surface area (Å²) in [6.45, 7) is 0. The molecule has 0 aromatic heterocycles. The van der Waals surface area contributed by atoms with Crippen LogP contribution in [0.4, 0.5) is 0 Å². The van der Waals surface area contributed by atoms with Crippen LogP contribution in [-0.2, 0) is 6.42 Å². The number of hydrogen-bond acceptors (Lipinski definition) is 0. The molecule has 0 spiro atoms. The Labute approximate surface area is 81.1 Å². The van der Waals surface area contributed by atoms with Gasteiger partial charge in [-0.05, 0) is 65.5 Å². The van der Waals surface area contributed by atoms with Crippen LogP contribution in [0, 0.1) is 9.49 Å². The highest BCUT2D eigenvalue weighted by atomic mass is 127. The van der Waals surface area contributed by atoms with Crippen LogP contribution < -0.4 is 0 Å². The lowest BCUT2D eigenvalue weighted by Crippen LogP contribution is -1.85. The fourth-order valence-corrected chi connectivity index (χ4v) is 1.64. The SMILES string of the molecule is Ic1ccc(CC2CC2)cc1. The molecule has 1 fully saturated rings. The van der Waals surface area contributed by atoms with E-state index in [4.69, 9.17) is 0 Å². The highest BCUT2D eigenvalue weighted by Crippen LogP contribution is 2.32. The second-order valence-corrected chi connectivity index (χ2v) is 4.52. The van der Waals surface area contributed by atoms with Crippen LogP contribution in [0.1, 0.15) is 18.4 Å². The van der Waals surface area contributed by atoms with Crippen LogP contribution in [0.2, 0.25) is 0 Å². The first kappa shape index (κ1) is 7.59. The molecular formula is C10H11I. The fourth-order valence-electron chi connectivity index (χ4n) is 1.28. The molecule has 2 rings (SSSR count). The summed E-state index contributed by atoms with van der Waals surface area (Å²) in [7, 11) is 0. The van der Waals surface area contributed by atoms with E-state index in [2.05, 4.69) is 46.9 Å². The Morgan fingerprint density at radius 3 is 2.36 bits per heavy atom. The Hall–Kier alpha value is -0.0500. The van der Waals surface area contributed by atoms with E-state index >= 15 is 0 Å². The zero-order chi connectivity index (χ0) is 7.68. The summed E-state index contributed by atoms with van der Waals surface area (Å²) >= 11 is 2.35. The maximum absolute atomic E-state index is 2.35. The molecule has 1 aromatic rings. The first-order valence-corrected chi connectivity index (χ1v) is 5.17. The van der Waals surface area contributed by atoms with E-state index < -0.39 is 0 Å². The minimum atomic E-state index is 1.01. The van der Waals surface area contributed by atoms with Crippen LogP contribution >= 0.6 is 22.6 Å². The molecule has 58 valence electrons. The van der Waals surface area contributed by atoms with Crippen molar-refractivity contribution in [3.8, 4) is 0 Å². The van der Waals surface area contributed by atoms with Crippen molar-refractivity contribution in [3.63, 3.8) is 0 Å². The van der Waals surface area contributed by atoms with Gasteiger partial charge < -0.3 is 0 Å². The molecule has 0 bridgehead atoms. The zero-order valence-corrected chi connectivity index (χ0v) is 8.54. The summed E-state index contributed by atoms with van der Waals surface area (Å²) in [5, 5.41) is 0. The highest BCUT2D eigenvalue weighted by molar-refractivity contribution is 14.1. The second-order valence-electron chi connectivity index (χ2n) is 3.27. The summed E-state index contributed by atoms with van der Waals surface area (Å²) in [6, 6.07) is 8.89. The largest absolute Gasteiger partial charge is 0.0580 e. The normalized spacial score (nSPS) is 16.8. The standard InChI is InChI=1S/C10H11I/c11-10-5-3-9(4-6-10)7-8-1-2-8/h3-6,8H,1-2,7H2. The predicted molar refractivity (Wildman–Crippen MR) is 55.6 cm³/mol. The molecule has 0 N–H and O–H groups in total. The van der Waals surface area contributed by atoms with Gasteiger partial charge in [-0.2, -0.15) is 0 Å². The van der Waals surface area contributed by atoms with Gasteiger partial charge >= 0.3 is 0 Å². The molecule has 0 amide bonds. The summed E-state index contributed by atoms with van der Waals surface area (Å²) in [6.07, 6.45) is 4.20. The molecule has 0 aliphatic heterocycles. The van der Waals surface area contributed by atoms with Gasteiger partial charge in [0.25, 0.3) is 0 Å². The lowest BCUT2D eigenvalue weighted by atomic mass is 10.1. The molecule has 11 heavy (non-hydrogen) atoms. The maximum Gasteiger partial charge on any atom is 0.0130 e. The molecule has 1 aromatic carbocycles. The number of hydrogen-bond donors (Lipinski definition) is 0. The van der Waals surface area contributed by atoms with Gasteiger partial charge in [-0.25, -0.2) is 0 Å². The lowest BCUT2D eigenvalue weighted by molar-refractivity contribution is 0.832. The van der Waals surface area contributed by atoms with Crippen molar-refractivity contribution in [1.29, 1.82) is 0 Å². The van der Waals surface area contributed by atoms with Crippen molar-refractivity contribution in [2.45, 2.75) is 19.3 Å². The Morgan fingerprint density at radius 2 is 1.82 bits per heavy atom. The van der Waals surface area contributed by atoms with Crippen LogP contribution in [0.25, 0.3) is 0 Å². The Morgan fingerprint density at radius 1 is 1.18 bits per heavy atom. The molecule has 1 heteroatoms. The Balaban J connectivity index is 2.06. The van der Waals surface area contributed by atoms with E-state index in [-0.39, 0.29) is 0 Å². The van der Waals surface area contributed by atoms with Crippen molar-refractivity contribution in [2.24, 2.45) is 5.92 Å². The second kappa shape index (κ2) is 3.13.